The van der Waals surface area contributed by atoms with Crippen molar-refractivity contribution in [3.8, 4) is 11.5 Å². The summed E-state index contributed by atoms with van der Waals surface area (Å²) in [5.41, 5.74) is 1.57. The zero-order chi connectivity index (χ0) is 19.9. The first-order valence-electron chi connectivity index (χ1n) is 9.18. The molecule has 0 aromatic heterocycles. The number of benzene rings is 2. The van der Waals surface area contributed by atoms with Crippen LogP contribution in [-0.2, 0) is 11.3 Å². The zero-order valence-electron chi connectivity index (χ0n) is 16.1. The molecule has 28 heavy (non-hydrogen) atoms. The van der Waals surface area contributed by atoms with Gasteiger partial charge in [-0.15, -0.1) is 0 Å². The molecule has 2 aromatic carbocycles. The number of para-hydroxylation sites is 1. The highest BCUT2D eigenvalue weighted by Gasteiger charge is 2.29. The number of nitrogens with zero attached hydrogens (tertiary/aromatic N) is 1. The van der Waals surface area contributed by atoms with Gasteiger partial charge in [0.2, 0.25) is 5.91 Å². The van der Waals surface area contributed by atoms with Crippen molar-refractivity contribution in [2.24, 2.45) is 5.92 Å². The van der Waals surface area contributed by atoms with Crippen LogP contribution in [0.1, 0.15) is 12.0 Å². The molecule has 1 heterocycles. The molecular formula is C21H25N3O4. The highest BCUT2D eigenvalue weighted by molar-refractivity contribution is 5.93. The van der Waals surface area contributed by atoms with Gasteiger partial charge in [-0.3, -0.25) is 4.79 Å². The number of urea groups is 1. The molecule has 2 N–H and O–H groups in total. The van der Waals surface area contributed by atoms with Crippen molar-refractivity contribution in [3.63, 3.8) is 0 Å². The van der Waals surface area contributed by atoms with Gasteiger partial charge in [-0.05, 0) is 17.7 Å². The standard InChI is InChI=1S/C21H25N3O4/c1-27-17-9-6-10-18(28-2)20(17)23-21(26)22-12-16-11-19(25)24(14-16)13-15-7-4-3-5-8-15/h3-10,16H,11-14H2,1-2H3,(H2,22,23,26). The predicted octanol–water partition coefficient (Wildman–Crippen LogP) is 2.87. The fourth-order valence-electron chi connectivity index (χ4n) is 3.32. The summed E-state index contributed by atoms with van der Waals surface area (Å²) >= 11 is 0. The van der Waals surface area contributed by atoms with Crippen LogP contribution in [0.5, 0.6) is 11.5 Å². The second-order valence-electron chi connectivity index (χ2n) is 6.70. The van der Waals surface area contributed by atoms with Crippen molar-refractivity contribution in [1.29, 1.82) is 0 Å². The smallest absolute Gasteiger partial charge is 0.319 e. The number of methoxy groups -OCH3 is 2. The Kier molecular flexibility index (Phi) is 6.37. The van der Waals surface area contributed by atoms with E-state index in [9.17, 15) is 9.59 Å². The lowest BCUT2D eigenvalue weighted by Crippen LogP contribution is -2.34. The van der Waals surface area contributed by atoms with Gasteiger partial charge in [-0.1, -0.05) is 36.4 Å². The Morgan fingerprint density at radius 2 is 1.75 bits per heavy atom. The molecule has 0 aliphatic carbocycles. The van der Waals surface area contributed by atoms with Crippen LogP contribution in [0, 0.1) is 5.92 Å². The van der Waals surface area contributed by atoms with Crippen molar-refractivity contribution in [1.82, 2.24) is 10.2 Å². The van der Waals surface area contributed by atoms with E-state index in [2.05, 4.69) is 10.6 Å². The van der Waals surface area contributed by atoms with Crippen molar-refractivity contribution in [2.45, 2.75) is 13.0 Å². The van der Waals surface area contributed by atoms with Crippen LogP contribution >= 0.6 is 0 Å². The molecule has 1 unspecified atom stereocenters. The average molecular weight is 383 g/mol. The third-order valence-corrected chi connectivity index (χ3v) is 4.73. The Balaban J connectivity index is 1.52. The summed E-state index contributed by atoms with van der Waals surface area (Å²) in [5, 5.41) is 5.61. The first-order valence-corrected chi connectivity index (χ1v) is 9.18. The number of likely N-dealkylation sites (tertiary alicyclic amines) is 1. The SMILES string of the molecule is COc1cccc(OC)c1NC(=O)NCC1CC(=O)N(Cc2ccccc2)C1. The first-order chi connectivity index (χ1) is 13.6. The molecule has 3 rings (SSSR count). The third kappa shape index (κ3) is 4.73. The van der Waals surface area contributed by atoms with Crippen molar-refractivity contribution in [2.75, 3.05) is 32.6 Å². The monoisotopic (exact) mass is 383 g/mol. The molecule has 148 valence electrons. The maximum atomic E-state index is 12.3. The maximum absolute atomic E-state index is 12.3. The largest absolute Gasteiger partial charge is 0.494 e. The molecule has 1 atom stereocenters. The summed E-state index contributed by atoms with van der Waals surface area (Å²) in [7, 11) is 3.06. The van der Waals surface area contributed by atoms with Crippen molar-refractivity contribution >= 4 is 17.6 Å². The highest BCUT2D eigenvalue weighted by Crippen LogP contribution is 2.34. The minimum absolute atomic E-state index is 0.0847. The minimum atomic E-state index is -0.364. The van der Waals surface area contributed by atoms with Crippen LogP contribution in [0.2, 0.25) is 0 Å². The lowest BCUT2D eigenvalue weighted by atomic mass is 10.1. The molecule has 1 saturated heterocycles. The molecule has 0 bridgehead atoms. The normalized spacial score (nSPS) is 16.0. The van der Waals surface area contributed by atoms with Gasteiger partial charge >= 0.3 is 6.03 Å². The van der Waals surface area contributed by atoms with E-state index in [1.807, 2.05) is 35.2 Å². The van der Waals surface area contributed by atoms with E-state index in [1.165, 1.54) is 14.2 Å². The lowest BCUT2D eigenvalue weighted by Gasteiger charge is -2.17. The minimum Gasteiger partial charge on any atom is -0.494 e. The number of carbonyl (C=O) groups excluding carboxylic acids is 2. The molecule has 0 spiro atoms. The second kappa shape index (κ2) is 9.12. The number of amides is 3. The molecule has 1 fully saturated rings. The van der Waals surface area contributed by atoms with Gasteiger partial charge in [-0.25, -0.2) is 4.79 Å². The number of nitrogens with one attached hydrogen (secondary N) is 2. The molecule has 3 amide bonds. The van der Waals surface area contributed by atoms with Crippen LogP contribution < -0.4 is 20.1 Å². The quantitative estimate of drug-likeness (QED) is 0.771. The first kappa shape index (κ1) is 19.5. The Hall–Kier alpha value is -3.22. The number of rotatable bonds is 7. The number of hydrogen-bond acceptors (Lipinski definition) is 4. The molecule has 2 aromatic rings. The van der Waals surface area contributed by atoms with Crippen molar-refractivity contribution in [3.05, 3.63) is 54.1 Å². The number of anilines is 1. The second-order valence-corrected chi connectivity index (χ2v) is 6.70. The van der Waals surface area contributed by atoms with E-state index in [4.69, 9.17) is 9.47 Å². The number of ether oxygens (including phenoxy) is 2. The number of hydrogen-bond donors (Lipinski definition) is 2. The molecular weight excluding hydrogens is 358 g/mol. The van der Waals surface area contributed by atoms with Gasteiger partial charge < -0.3 is 25.0 Å². The average Bonchev–Trinajstić information content (AvgIpc) is 3.06. The molecule has 1 aliphatic rings. The van der Waals surface area contributed by atoms with Gasteiger partial charge in [-0.2, -0.15) is 0 Å². The van der Waals surface area contributed by atoms with Crippen LogP contribution in [0.15, 0.2) is 48.5 Å². The summed E-state index contributed by atoms with van der Waals surface area (Å²) in [5.74, 6) is 1.23. The van der Waals surface area contributed by atoms with E-state index >= 15 is 0 Å². The van der Waals surface area contributed by atoms with E-state index in [0.29, 0.717) is 43.2 Å². The van der Waals surface area contributed by atoms with E-state index < -0.39 is 0 Å². The summed E-state index contributed by atoms with van der Waals surface area (Å²) in [6.45, 7) is 1.65. The molecule has 0 radical (unpaired) electrons. The third-order valence-electron chi connectivity index (χ3n) is 4.73. The van der Waals surface area contributed by atoms with E-state index in [-0.39, 0.29) is 17.9 Å². The van der Waals surface area contributed by atoms with E-state index in [0.717, 1.165) is 5.56 Å². The molecule has 7 heteroatoms. The van der Waals surface area contributed by atoms with Gasteiger partial charge in [0.1, 0.15) is 17.2 Å². The lowest BCUT2D eigenvalue weighted by molar-refractivity contribution is -0.128. The maximum Gasteiger partial charge on any atom is 0.319 e. The Morgan fingerprint density at radius 1 is 1.07 bits per heavy atom. The topological polar surface area (TPSA) is 79.9 Å². The Bertz CT molecular complexity index is 803. The predicted molar refractivity (Wildman–Crippen MR) is 107 cm³/mol. The highest BCUT2D eigenvalue weighted by atomic mass is 16.5. The van der Waals surface area contributed by atoms with E-state index in [1.54, 1.807) is 18.2 Å². The molecule has 0 saturated carbocycles. The van der Waals surface area contributed by atoms with Gasteiger partial charge in [0.05, 0.1) is 14.2 Å². The summed E-state index contributed by atoms with van der Waals surface area (Å²) in [6.07, 6.45) is 0.436. The van der Waals surface area contributed by atoms with Gasteiger partial charge in [0, 0.05) is 32.0 Å². The van der Waals surface area contributed by atoms with Crippen LogP contribution in [-0.4, -0.2) is 44.1 Å². The van der Waals surface area contributed by atoms with Crippen LogP contribution in [0.25, 0.3) is 0 Å². The van der Waals surface area contributed by atoms with Crippen molar-refractivity contribution < 1.29 is 19.1 Å². The summed E-state index contributed by atoms with van der Waals surface area (Å²) in [4.78, 5) is 26.4. The van der Waals surface area contributed by atoms with Crippen LogP contribution in [0.3, 0.4) is 0 Å². The number of carbonyl (C=O) groups is 2. The summed E-state index contributed by atoms with van der Waals surface area (Å²) < 4.78 is 10.6. The van der Waals surface area contributed by atoms with Gasteiger partial charge in [0.15, 0.2) is 0 Å². The van der Waals surface area contributed by atoms with Gasteiger partial charge in [0.25, 0.3) is 0 Å². The van der Waals surface area contributed by atoms with Crippen LogP contribution in [0.4, 0.5) is 10.5 Å². The fraction of sp³-hybridized carbons (Fsp3) is 0.333. The molecule has 1 aliphatic heterocycles. The molecule has 7 nitrogen and oxygen atoms in total. The summed E-state index contributed by atoms with van der Waals surface area (Å²) in [6, 6.07) is 14.8. The Labute approximate surface area is 164 Å². The fourth-order valence-corrected chi connectivity index (χ4v) is 3.32. The zero-order valence-corrected chi connectivity index (χ0v) is 16.1. The Morgan fingerprint density at radius 3 is 2.39 bits per heavy atom.